The number of rotatable bonds is 4. The van der Waals surface area contributed by atoms with Crippen LogP contribution in [-0.4, -0.2) is 46.7 Å². The average molecular weight is 389 g/mol. The van der Waals surface area contributed by atoms with E-state index in [1.807, 2.05) is 0 Å². The highest BCUT2D eigenvalue weighted by Gasteiger charge is 2.24. The van der Waals surface area contributed by atoms with Gasteiger partial charge < -0.3 is 9.30 Å². The van der Waals surface area contributed by atoms with E-state index in [1.165, 1.54) is 24.5 Å². The maximum atomic E-state index is 14.5. The Labute approximate surface area is 154 Å². The molecule has 1 saturated heterocycles. The molecule has 1 fully saturated rings. The number of likely N-dealkylation sites (tertiary alicyclic amines) is 1. The molecule has 27 heavy (non-hydrogen) atoms. The largest absolute Gasteiger partial charge is 0.339 e. The van der Waals surface area contributed by atoms with Crippen LogP contribution in [0.15, 0.2) is 47.9 Å². The van der Waals surface area contributed by atoms with Gasteiger partial charge in [0.25, 0.3) is 15.9 Å². The van der Waals surface area contributed by atoms with Gasteiger partial charge in [-0.1, -0.05) is 0 Å². The summed E-state index contributed by atoms with van der Waals surface area (Å²) in [4.78, 5) is 21.6. The van der Waals surface area contributed by atoms with Gasteiger partial charge in [-0.3, -0.25) is 9.52 Å². The standard InChI is InChI=1S/C17H16FN5O3S/c18-14-11-12(3-4-13(14)17(24)23-7-1-2-8-23)27(25,26)21-15-16-20-6-10-22(16)9-5-19-15/h3-6,9-11H,1-2,7-8H2,(H,19,21). The van der Waals surface area contributed by atoms with E-state index in [2.05, 4.69) is 14.7 Å². The number of amides is 1. The zero-order valence-corrected chi connectivity index (χ0v) is 15.0. The Morgan fingerprint density at radius 1 is 1.11 bits per heavy atom. The minimum atomic E-state index is -4.10. The molecule has 0 aliphatic carbocycles. The van der Waals surface area contributed by atoms with Crippen LogP contribution in [0.5, 0.6) is 0 Å². The van der Waals surface area contributed by atoms with E-state index in [9.17, 15) is 17.6 Å². The third-order valence-electron chi connectivity index (χ3n) is 4.42. The third-order valence-corrected chi connectivity index (χ3v) is 5.75. The maximum absolute atomic E-state index is 14.5. The summed E-state index contributed by atoms with van der Waals surface area (Å²) in [6.07, 6.45) is 7.97. The number of carbonyl (C=O) groups excluding carboxylic acids is 1. The first-order valence-corrected chi connectivity index (χ1v) is 9.83. The number of benzene rings is 1. The molecule has 8 nitrogen and oxygen atoms in total. The lowest BCUT2D eigenvalue weighted by molar-refractivity contribution is 0.0788. The molecule has 3 aromatic rings. The van der Waals surface area contributed by atoms with Crippen LogP contribution in [0.1, 0.15) is 23.2 Å². The molecule has 1 amide bonds. The SMILES string of the molecule is O=C(c1ccc(S(=O)(=O)Nc2nccn3ccnc23)cc1F)N1CCCC1. The van der Waals surface area contributed by atoms with Crippen molar-refractivity contribution in [3.63, 3.8) is 0 Å². The van der Waals surface area contributed by atoms with E-state index < -0.39 is 21.7 Å². The van der Waals surface area contributed by atoms with Gasteiger partial charge in [-0.25, -0.2) is 22.8 Å². The molecule has 0 radical (unpaired) electrons. The van der Waals surface area contributed by atoms with Crippen LogP contribution < -0.4 is 4.72 Å². The molecule has 0 bridgehead atoms. The van der Waals surface area contributed by atoms with E-state index in [0.717, 1.165) is 18.9 Å². The lowest BCUT2D eigenvalue weighted by atomic mass is 10.2. The fourth-order valence-electron chi connectivity index (χ4n) is 3.04. The number of sulfonamides is 1. The Morgan fingerprint density at radius 2 is 1.81 bits per heavy atom. The molecule has 2 aromatic heterocycles. The Kier molecular flexibility index (Phi) is 4.27. The van der Waals surface area contributed by atoms with E-state index in [1.54, 1.807) is 21.7 Å². The molecule has 0 spiro atoms. The van der Waals surface area contributed by atoms with Crippen LogP contribution in [0.3, 0.4) is 0 Å². The van der Waals surface area contributed by atoms with Crippen LogP contribution in [0.2, 0.25) is 0 Å². The summed E-state index contributed by atoms with van der Waals surface area (Å²) in [7, 11) is -4.10. The predicted molar refractivity (Wildman–Crippen MR) is 95.3 cm³/mol. The highest BCUT2D eigenvalue weighted by Crippen LogP contribution is 2.21. The van der Waals surface area contributed by atoms with Gasteiger partial charge in [0, 0.05) is 37.9 Å². The molecular weight excluding hydrogens is 373 g/mol. The minimum absolute atomic E-state index is 0.0279. The van der Waals surface area contributed by atoms with Gasteiger partial charge in [-0.2, -0.15) is 0 Å². The second-order valence-electron chi connectivity index (χ2n) is 6.18. The summed E-state index contributed by atoms with van der Waals surface area (Å²) >= 11 is 0. The van der Waals surface area contributed by atoms with Crippen molar-refractivity contribution in [1.29, 1.82) is 0 Å². The van der Waals surface area contributed by atoms with Gasteiger partial charge in [-0.15, -0.1) is 0 Å². The highest BCUT2D eigenvalue weighted by molar-refractivity contribution is 7.92. The van der Waals surface area contributed by atoms with Gasteiger partial charge in [0.1, 0.15) is 5.82 Å². The summed E-state index contributed by atoms with van der Waals surface area (Å²) < 4.78 is 43.6. The van der Waals surface area contributed by atoms with Crippen molar-refractivity contribution >= 4 is 27.4 Å². The van der Waals surface area contributed by atoms with Crippen molar-refractivity contribution < 1.29 is 17.6 Å². The Balaban J connectivity index is 1.63. The first-order valence-electron chi connectivity index (χ1n) is 8.35. The first kappa shape index (κ1) is 17.4. The van der Waals surface area contributed by atoms with Crippen LogP contribution in [0.4, 0.5) is 10.2 Å². The lowest BCUT2D eigenvalue weighted by Crippen LogP contribution is -2.28. The molecule has 1 aliphatic rings. The third kappa shape index (κ3) is 3.23. The summed E-state index contributed by atoms with van der Waals surface area (Å²) in [6.45, 7) is 1.17. The number of nitrogens with zero attached hydrogens (tertiary/aromatic N) is 4. The molecule has 0 atom stereocenters. The molecule has 1 aliphatic heterocycles. The maximum Gasteiger partial charge on any atom is 0.263 e. The molecule has 1 N–H and O–H groups in total. The average Bonchev–Trinajstić information content (AvgIpc) is 3.33. The summed E-state index contributed by atoms with van der Waals surface area (Å²) in [5.74, 6) is -1.27. The summed E-state index contributed by atoms with van der Waals surface area (Å²) in [5, 5.41) is 0. The fraction of sp³-hybridized carbons (Fsp3) is 0.235. The zero-order valence-electron chi connectivity index (χ0n) is 14.2. The van der Waals surface area contributed by atoms with E-state index in [0.29, 0.717) is 18.7 Å². The molecule has 140 valence electrons. The Morgan fingerprint density at radius 3 is 2.52 bits per heavy atom. The van der Waals surface area contributed by atoms with Crippen LogP contribution in [0, 0.1) is 5.82 Å². The first-order chi connectivity index (χ1) is 13.0. The number of carbonyl (C=O) groups is 1. The van der Waals surface area contributed by atoms with Gasteiger partial charge in [0.05, 0.1) is 10.5 Å². The van der Waals surface area contributed by atoms with Gasteiger partial charge in [0.2, 0.25) is 0 Å². The van der Waals surface area contributed by atoms with E-state index >= 15 is 0 Å². The number of anilines is 1. The predicted octanol–water partition coefficient (Wildman–Crippen LogP) is 1.91. The van der Waals surface area contributed by atoms with Gasteiger partial charge >= 0.3 is 0 Å². The normalized spacial score (nSPS) is 14.6. The Bertz CT molecular complexity index is 1120. The van der Waals surface area contributed by atoms with Crippen molar-refractivity contribution in [2.75, 3.05) is 17.8 Å². The second-order valence-corrected chi connectivity index (χ2v) is 7.86. The van der Waals surface area contributed by atoms with Gasteiger partial charge in [0.15, 0.2) is 11.5 Å². The number of hydrogen-bond donors (Lipinski definition) is 1. The van der Waals surface area contributed by atoms with Crippen molar-refractivity contribution in [2.24, 2.45) is 0 Å². The molecule has 0 unspecified atom stereocenters. The minimum Gasteiger partial charge on any atom is -0.339 e. The van der Waals surface area contributed by atoms with Crippen molar-refractivity contribution in [1.82, 2.24) is 19.3 Å². The van der Waals surface area contributed by atoms with Gasteiger partial charge in [-0.05, 0) is 31.0 Å². The highest BCUT2D eigenvalue weighted by atomic mass is 32.2. The molecule has 1 aromatic carbocycles. The quantitative estimate of drug-likeness (QED) is 0.735. The number of aromatic nitrogens is 3. The van der Waals surface area contributed by atoms with Crippen molar-refractivity contribution in [2.45, 2.75) is 17.7 Å². The number of fused-ring (bicyclic) bond motifs is 1. The molecule has 4 rings (SSSR count). The van der Waals surface area contributed by atoms with Crippen LogP contribution in [-0.2, 0) is 10.0 Å². The number of nitrogens with one attached hydrogen (secondary N) is 1. The van der Waals surface area contributed by atoms with E-state index in [-0.39, 0.29) is 16.3 Å². The second kappa shape index (κ2) is 6.62. The smallest absolute Gasteiger partial charge is 0.263 e. The number of imidazole rings is 1. The molecule has 0 saturated carbocycles. The van der Waals surface area contributed by atoms with Crippen molar-refractivity contribution in [3.8, 4) is 0 Å². The summed E-state index contributed by atoms with van der Waals surface area (Å²) in [6, 6.07) is 3.26. The number of hydrogen-bond acceptors (Lipinski definition) is 5. The fourth-order valence-corrected chi connectivity index (χ4v) is 4.06. The van der Waals surface area contributed by atoms with E-state index in [4.69, 9.17) is 0 Å². The lowest BCUT2D eigenvalue weighted by Gasteiger charge is -2.16. The Hall–Kier alpha value is -3.01. The molecule has 10 heteroatoms. The number of halogens is 1. The topological polar surface area (TPSA) is 96.7 Å². The molecule has 3 heterocycles. The summed E-state index contributed by atoms with van der Waals surface area (Å²) in [5.41, 5.74) is 0.187. The van der Waals surface area contributed by atoms with Crippen LogP contribution in [0.25, 0.3) is 5.65 Å². The monoisotopic (exact) mass is 389 g/mol. The zero-order chi connectivity index (χ0) is 19.0. The van der Waals surface area contributed by atoms with Crippen molar-refractivity contribution in [3.05, 3.63) is 54.4 Å². The van der Waals surface area contributed by atoms with Crippen LogP contribution >= 0.6 is 0 Å². The molecular formula is C17H16FN5O3S.